The van der Waals surface area contributed by atoms with Crippen molar-refractivity contribution < 1.29 is 0 Å². The molecule has 0 aromatic rings. The van der Waals surface area contributed by atoms with E-state index in [2.05, 4.69) is 37.9 Å². The van der Waals surface area contributed by atoms with E-state index in [0.717, 1.165) is 30.0 Å². The van der Waals surface area contributed by atoms with Gasteiger partial charge in [0.25, 0.3) is 0 Å². The van der Waals surface area contributed by atoms with Crippen molar-refractivity contribution in [3.63, 3.8) is 0 Å². The topological polar surface area (TPSA) is 15.3 Å². The van der Waals surface area contributed by atoms with Gasteiger partial charge in [-0.15, -0.1) is 0 Å². The lowest BCUT2D eigenvalue weighted by molar-refractivity contribution is 0.154. The Morgan fingerprint density at radius 2 is 1.45 bits per heavy atom. The smallest absolute Gasteiger partial charge is 0.00940 e. The van der Waals surface area contributed by atoms with Crippen LogP contribution in [0.15, 0.2) is 0 Å². The Morgan fingerprint density at radius 3 is 2.05 bits per heavy atom. The van der Waals surface area contributed by atoms with Gasteiger partial charge in [-0.3, -0.25) is 0 Å². The summed E-state index contributed by atoms with van der Waals surface area (Å²) >= 11 is 0. The molecular weight excluding hydrogens is 244 g/mol. The fourth-order valence-corrected chi connectivity index (χ4v) is 4.08. The third-order valence-electron chi connectivity index (χ3n) is 5.69. The average molecular weight is 281 g/mol. The Hall–Kier alpha value is -0.0800. The summed E-state index contributed by atoms with van der Waals surface area (Å²) < 4.78 is 0. The van der Waals surface area contributed by atoms with Crippen molar-refractivity contribution in [2.75, 3.05) is 13.1 Å². The first-order chi connectivity index (χ1) is 9.56. The van der Waals surface area contributed by atoms with E-state index in [9.17, 15) is 0 Å². The molecule has 0 aromatic heterocycles. The molecule has 118 valence electrons. The number of rotatable bonds is 4. The van der Waals surface area contributed by atoms with Crippen molar-refractivity contribution in [1.29, 1.82) is 0 Å². The first-order valence-electron chi connectivity index (χ1n) is 9.06. The third-order valence-corrected chi connectivity index (χ3v) is 5.69. The number of hydrogen-bond acceptors (Lipinski definition) is 2. The van der Waals surface area contributed by atoms with Crippen molar-refractivity contribution >= 4 is 0 Å². The fraction of sp³-hybridized carbons (Fsp3) is 1.00. The van der Waals surface area contributed by atoms with Crippen LogP contribution in [-0.4, -0.2) is 36.1 Å². The van der Waals surface area contributed by atoms with Gasteiger partial charge in [-0.25, -0.2) is 0 Å². The summed E-state index contributed by atoms with van der Waals surface area (Å²) in [5, 5.41) is 3.99. The molecule has 2 nitrogen and oxygen atoms in total. The third kappa shape index (κ3) is 4.73. The van der Waals surface area contributed by atoms with Gasteiger partial charge in [0.15, 0.2) is 0 Å². The van der Waals surface area contributed by atoms with Gasteiger partial charge in [0.05, 0.1) is 0 Å². The van der Waals surface area contributed by atoms with Crippen LogP contribution in [-0.2, 0) is 0 Å². The molecule has 2 fully saturated rings. The summed E-state index contributed by atoms with van der Waals surface area (Å²) in [5.74, 6) is 1.85. The molecular formula is C18H36N2. The molecule has 2 unspecified atom stereocenters. The molecule has 2 heteroatoms. The van der Waals surface area contributed by atoms with Gasteiger partial charge in [-0.2, -0.15) is 0 Å². The lowest BCUT2D eigenvalue weighted by Crippen LogP contribution is -2.47. The van der Waals surface area contributed by atoms with E-state index in [1.165, 1.54) is 58.0 Å². The number of piperidine rings is 1. The lowest BCUT2D eigenvalue weighted by Gasteiger charge is -2.36. The number of nitrogens with one attached hydrogen (secondary N) is 1. The van der Waals surface area contributed by atoms with Gasteiger partial charge >= 0.3 is 0 Å². The Balaban J connectivity index is 1.72. The second kappa shape index (κ2) is 7.79. The first kappa shape index (κ1) is 16.3. The minimum Gasteiger partial charge on any atom is -0.311 e. The minimum absolute atomic E-state index is 0.723. The first-order valence-corrected chi connectivity index (χ1v) is 9.06. The van der Waals surface area contributed by atoms with E-state index in [0.29, 0.717) is 0 Å². The Morgan fingerprint density at radius 1 is 0.800 bits per heavy atom. The number of likely N-dealkylation sites (tertiary alicyclic amines) is 1. The maximum absolute atomic E-state index is 3.99. The van der Waals surface area contributed by atoms with Gasteiger partial charge < -0.3 is 10.2 Å². The van der Waals surface area contributed by atoms with Crippen LogP contribution >= 0.6 is 0 Å². The molecule has 0 bridgehead atoms. The molecule has 0 amide bonds. The van der Waals surface area contributed by atoms with Gasteiger partial charge in [0, 0.05) is 18.1 Å². The molecule has 1 saturated carbocycles. The molecule has 1 aliphatic heterocycles. The average Bonchev–Trinajstić information content (AvgIpc) is 2.65. The van der Waals surface area contributed by atoms with E-state index in [1.807, 2.05) is 0 Å². The lowest BCUT2D eigenvalue weighted by atomic mass is 9.89. The van der Waals surface area contributed by atoms with Crippen molar-refractivity contribution in [3.8, 4) is 0 Å². The van der Waals surface area contributed by atoms with Gasteiger partial charge in [0.1, 0.15) is 0 Å². The molecule has 2 aliphatic rings. The van der Waals surface area contributed by atoms with Crippen LogP contribution in [0.5, 0.6) is 0 Å². The highest BCUT2D eigenvalue weighted by atomic mass is 15.2. The molecule has 2 rings (SSSR count). The van der Waals surface area contributed by atoms with Crippen LogP contribution in [0, 0.1) is 11.8 Å². The molecule has 1 N–H and O–H groups in total. The second-order valence-corrected chi connectivity index (χ2v) is 7.78. The van der Waals surface area contributed by atoms with Crippen LogP contribution in [0.25, 0.3) is 0 Å². The number of hydrogen-bond donors (Lipinski definition) is 1. The maximum atomic E-state index is 3.99. The highest BCUT2D eigenvalue weighted by molar-refractivity contribution is 4.84. The zero-order valence-electron chi connectivity index (χ0n) is 14.2. The van der Waals surface area contributed by atoms with Crippen LogP contribution in [0.3, 0.4) is 0 Å². The van der Waals surface area contributed by atoms with Crippen molar-refractivity contribution in [3.05, 3.63) is 0 Å². The zero-order chi connectivity index (χ0) is 14.5. The normalized spacial score (nSPS) is 30.9. The van der Waals surface area contributed by atoms with Crippen LogP contribution in [0.4, 0.5) is 0 Å². The monoisotopic (exact) mass is 280 g/mol. The second-order valence-electron chi connectivity index (χ2n) is 7.78. The zero-order valence-corrected chi connectivity index (χ0v) is 14.2. The van der Waals surface area contributed by atoms with Gasteiger partial charge in [0.2, 0.25) is 0 Å². The van der Waals surface area contributed by atoms with Crippen LogP contribution in [0.1, 0.15) is 72.6 Å². The van der Waals surface area contributed by atoms with Crippen molar-refractivity contribution in [1.82, 2.24) is 10.2 Å². The van der Waals surface area contributed by atoms with Crippen LogP contribution < -0.4 is 5.32 Å². The summed E-state index contributed by atoms with van der Waals surface area (Å²) in [6.45, 7) is 12.0. The molecule has 1 saturated heterocycles. The largest absolute Gasteiger partial charge is 0.311 e. The Labute approximate surface area is 126 Å². The van der Waals surface area contributed by atoms with E-state index in [1.54, 1.807) is 0 Å². The summed E-state index contributed by atoms with van der Waals surface area (Å²) in [6.07, 6.45) is 9.86. The van der Waals surface area contributed by atoms with Gasteiger partial charge in [-0.05, 0) is 70.9 Å². The molecule has 0 radical (unpaired) electrons. The molecule has 0 spiro atoms. The van der Waals surface area contributed by atoms with E-state index < -0.39 is 0 Å². The predicted molar refractivity (Wildman–Crippen MR) is 88.1 cm³/mol. The van der Waals surface area contributed by atoms with Gasteiger partial charge in [-0.1, -0.05) is 26.7 Å². The van der Waals surface area contributed by atoms with Crippen molar-refractivity contribution in [2.45, 2.75) is 90.8 Å². The minimum atomic E-state index is 0.723. The maximum Gasteiger partial charge on any atom is 0.00940 e. The summed E-state index contributed by atoms with van der Waals surface area (Å²) in [4.78, 5) is 2.63. The standard InChI is InChI=1S/C18H36N2/c1-14(2)16-6-5-7-17(9-8-16)19-18-10-12-20(13-11-18)15(3)4/h14-19H,5-13H2,1-4H3. The SMILES string of the molecule is CC(C)C1CCCC(NC2CCN(C(C)C)CC2)CC1. The summed E-state index contributed by atoms with van der Waals surface area (Å²) in [7, 11) is 0. The fourth-order valence-electron chi connectivity index (χ4n) is 4.08. The quantitative estimate of drug-likeness (QED) is 0.781. The molecule has 2 atom stereocenters. The van der Waals surface area contributed by atoms with E-state index in [-0.39, 0.29) is 0 Å². The highest BCUT2D eigenvalue weighted by Gasteiger charge is 2.25. The Kier molecular flexibility index (Phi) is 6.35. The van der Waals surface area contributed by atoms with Crippen molar-refractivity contribution in [2.24, 2.45) is 11.8 Å². The summed E-state index contributed by atoms with van der Waals surface area (Å²) in [6, 6.07) is 2.31. The molecule has 0 aromatic carbocycles. The molecule has 1 aliphatic carbocycles. The highest BCUT2D eigenvalue weighted by Crippen LogP contribution is 2.29. The van der Waals surface area contributed by atoms with E-state index in [4.69, 9.17) is 0 Å². The van der Waals surface area contributed by atoms with Crippen LogP contribution in [0.2, 0.25) is 0 Å². The predicted octanol–water partition coefficient (Wildman–Crippen LogP) is 4.05. The number of nitrogens with zero attached hydrogens (tertiary/aromatic N) is 1. The Bertz CT molecular complexity index is 267. The molecule has 1 heterocycles. The summed E-state index contributed by atoms with van der Waals surface area (Å²) in [5.41, 5.74) is 0. The van der Waals surface area contributed by atoms with E-state index >= 15 is 0 Å². The molecule has 20 heavy (non-hydrogen) atoms.